The monoisotopic (exact) mass is 334 g/mol. The summed E-state index contributed by atoms with van der Waals surface area (Å²) in [4.78, 5) is 25.3. The number of carbonyl (C=O) groups is 1. The summed E-state index contributed by atoms with van der Waals surface area (Å²) in [5, 5.41) is 0. The van der Waals surface area contributed by atoms with E-state index in [4.69, 9.17) is 4.74 Å². The van der Waals surface area contributed by atoms with Crippen LogP contribution in [0.3, 0.4) is 0 Å². The Labute approximate surface area is 145 Å². The van der Waals surface area contributed by atoms with Gasteiger partial charge in [0.1, 0.15) is 5.82 Å². The van der Waals surface area contributed by atoms with Gasteiger partial charge in [-0.2, -0.15) is 0 Å². The van der Waals surface area contributed by atoms with Crippen molar-refractivity contribution in [3.05, 3.63) is 23.3 Å². The largest absolute Gasteiger partial charge is 0.377 e. The lowest BCUT2D eigenvalue weighted by Gasteiger charge is -2.35. The SMILES string of the molecule is CCOCc1cnc(C)nc1C1CCN(C(=O)N(CC)CC)CC1. The van der Waals surface area contributed by atoms with Crippen LogP contribution in [-0.2, 0) is 11.3 Å². The molecule has 0 bridgehead atoms. The van der Waals surface area contributed by atoms with Crippen LogP contribution in [0.15, 0.2) is 6.20 Å². The highest BCUT2D eigenvalue weighted by Gasteiger charge is 2.28. The topological polar surface area (TPSA) is 58.6 Å². The van der Waals surface area contributed by atoms with Crippen LogP contribution in [-0.4, -0.2) is 58.6 Å². The van der Waals surface area contributed by atoms with Gasteiger partial charge in [-0.05, 0) is 40.5 Å². The molecule has 1 aromatic heterocycles. The van der Waals surface area contributed by atoms with E-state index in [9.17, 15) is 4.79 Å². The van der Waals surface area contributed by atoms with Crippen LogP contribution in [0.25, 0.3) is 0 Å². The van der Waals surface area contributed by atoms with Gasteiger partial charge in [0.05, 0.1) is 12.3 Å². The average molecular weight is 334 g/mol. The molecule has 1 aliphatic heterocycles. The molecule has 0 N–H and O–H groups in total. The van der Waals surface area contributed by atoms with Crippen molar-refractivity contribution in [3.8, 4) is 0 Å². The van der Waals surface area contributed by atoms with E-state index < -0.39 is 0 Å². The molecule has 0 spiro atoms. The lowest BCUT2D eigenvalue weighted by Crippen LogP contribution is -2.46. The van der Waals surface area contributed by atoms with E-state index in [1.807, 2.05) is 43.7 Å². The Morgan fingerprint density at radius 2 is 1.96 bits per heavy atom. The van der Waals surface area contributed by atoms with Gasteiger partial charge in [-0.25, -0.2) is 14.8 Å². The van der Waals surface area contributed by atoms with Crippen molar-refractivity contribution < 1.29 is 9.53 Å². The molecule has 0 unspecified atom stereocenters. The van der Waals surface area contributed by atoms with Crippen molar-refractivity contribution in [2.24, 2.45) is 0 Å². The number of likely N-dealkylation sites (tertiary alicyclic amines) is 1. The summed E-state index contributed by atoms with van der Waals surface area (Å²) < 4.78 is 5.56. The van der Waals surface area contributed by atoms with Crippen molar-refractivity contribution >= 4 is 6.03 Å². The van der Waals surface area contributed by atoms with Gasteiger partial charge >= 0.3 is 6.03 Å². The second kappa shape index (κ2) is 8.97. The first-order valence-corrected chi connectivity index (χ1v) is 9.04. The minimum atomic E-state index is 0.159. The molecule has 1 aromatic rings. The second-order valence-electron chi connectivity index (χ2n) is 6.18. The Morgan fingerprint density at radius 3 is 2.54 bits per heavy atom. The highest BCUT2D eigenvalue weighted by Crippen LogP contribution is 2.29. The van der Waals surface area contributed by atoms with Gasteiger partial charge in [-0.1, -0.05) is 0 Å². The molecule has 24 heavy (non-hydrogen) atoms. The Morgan fingerprint density at radius 1 is 1.29 bits per heavy atom. The number of hydrogen-bond donors (Lipinski definition) is 0. The Balaban J connectivity index is 2.04. The summed E-state index contributed by atoms with van der Waals surface area (Å²) in [6.07, 6.45) is 3.78. The van der Waals surface area contributed by atoms with E-state index in [0.29, 0.717) is 19.1 Å². The first kappa shape index (κ1) is 18.6. The standard InChI is InChI=1S/C18H30N4O2/c1-5-21(6-2)18(23)22-10-8-15(9-11-22)17-16(13-24-7-3)12-19-14(4)20-17/h12,15H,5-11,13H2,1-4H3. The fourth-order valence-corrected chi connectivity index (χ4v) is 3.23. The molecule has 1 aliphatic rings. The van der Waals surface area contributed by atoms with Gasteiger partial charge < -0.3 is 14.5 Å². The van der Waals surface area contributed by atoms with Gasteiger partial charge in [-0.15, -0.1) is 0 Å². The molecule has 1 saturated heterocycles. The van der Waals surface area contributed by atoms with E-state index in [-0.39, 0.29) is 6.03 Å². The zero-order valence-electron chi connectivity index (χ0n) is 15.4. The predicted molar refractivity (Wildman–Crippen MR) is 94.0 cm³/mol. The van der Waals surface area contributed by atoms with Gasteiger partial charge in [0.25, 0.3) is 0 Å². The molecule has 0 saturated carbocycles. The van der Waals surface area contributed by atoms with E-state index in [1.165, 1.54) is 0 Å². The average Bonchev–Trinajstić information content (AvgIpc) is 2.61. The van der Waals surface area contributed by atoms with Crippen LogP contribution in [0.4, 0.5) is 4.79 Å². The minimum Gasteiger partial charge on any atom is -0.377 e. The van der Waals surface area contributed by atoms with Crippen molar-refractivity contribution in [3.63, 3.8) is 0 Å². The molecule has 0 aromatic carbocycles. The number of aromatic nitrogens is 2. The number of nitrogens with zero attached hydrogens (tertiary/aromatic N) is 4. The number of piperidine rings is 1. The first-order valence-electron chi connectivity index (χ1n) is 9.04. The van der Waals surface area contributed by atoms with E-state index in [1.54, 1.807) is 0 Å². The zero-order valence-corrected chi connectivity index (χ0v) is 15.4. The maximum absolute atomic E-state index is 12.5. The van der Waals surface area contributed by atoms with Crippen LogP contribution < -0.4 is 0 Å². The lowest BCUT2D eigenvalue weighted by molar-refractivity contribution is 0.130. The summed E-state index contributed by atoms with van der Waals surface area (Å²) in [5.74, 6) is 1.18. The van der Waals surface area contributed by atoms with E-state index in [0.717, 1.165) is 56.1 Å². The van der Waals surface area contributed by atoms with E-state index >= 15 is 0 Å². The maximum Gasteiger partial charge on any atom is 0.319 e. The summed E-state index contributed by atoms with van der Waals surface area (Å²) >= 11 is 0. The normalized spacial score (nSPS) is 15.6. The first-order chi connectivity index (χ1) is 11.6. The van der Waals surface area contributed by atoms with Gasteiger partial charge in [0.15, 0.2) is 0 Å². The third-order valence-electron chi connectivity index (χ3n) is 4.67. The lowest BCUT2D eigenvalue weighted by atomic mass is 9.91. The highest BCUT2D eigenvalue weighted by molar-refractivity contribution is 5.74. The van der Waals surface area contributed by atoms with Gasteiger partial charge in [0, 0.05) is 50.5 Å². The zero-order chi connectivity index (χ0) is 17.5. The minimum absolute atomic E-state index is 0.159. The van der Waals surface area contributed by atoms with Gasteiger partial charge in [-0.3, -0.25) is 0 Å². The van der Waals surface area contributed by atoms with Crippen LogP contribution in [0, 0.1) is 6.92 Å². The molecule has 0 atom stereocenters. The summed E-state index contributed by atoms with van der Waals surface area (Å²) in [7, 11) is 0. The maximum atomic E-state index is 12.5. The number of aryl methyl sites for hydroxylation is 1. The predicted octanol–water partition coefficient (Wildman–Crippen LogP) is 2.96. The smallest absolute Gasteiger partial charge is 0.319 e. The number of hydrogen-bond acceptors (Lipinski definition) is 4. The molecular formula is C18H30N4O2. The third kappa shape index (κ3) is 4.44. The molecule has 0 radical (unpaired) electrons. The van der Waals surface area contributed by atoms with Crippen LogP contribution in [0.2, 0.25) is 0 Å². The summed E-state index contributed by atoms with van der Waals surface area (Å²) in [6, 6.07) is 0.159. The number of rotatable bonds is 6. The van der Waals surface area contributed by atoms with Crippen LogP contribution >= 0.6 is 0 Å². The molecule has 6 heteroatoms. The quantitative estimate of drug-likeness (QED) is 0.802. The van der Waals surface area contributed by atoms with E-state index in [2.05, 4.69) is 9.97 Å². The van der Waals surface area contributed by atoms with Crippen molar-refractivity contribution in [2.45, 2.75) is 53.1 Å². The van der Waals surface area contributed by atoms with Crippen LogP contribution in [0.5, 0.6) is 0 Å². The number of urea groups is 1. The molecule has 1 fully saturated rings. The molecular weight excluding hydrogens is 304 g/mol. The highest BCUT2D eigenvalue weighted by atomic mass is 16.5. The van der Waals surface area contributed by atoms with Crippen molar-refractivity contribution in [2.75, 3.05) is 32.8 Å². The number of carbonyl (C=O) groups excluding carboxylic acids is 1. The molecule has 134 valence electrons. The molecule has 2 rings (SSSR count). The van der Waals surface area contributed by atoms with Crippen molar-refractivity contribution in [1.82, 2.24) is 19.8 Å². The molecule has 2 heterocycles. The summed E-state index contributed by atoms with van der Waals surface area (Å²) in [5.41, 5.74) is 2.18. The third-order valence-corrected chi connectivity index (χ3v) is 4.67. The Bertz CT molecular complexity index is 538. The fraction of sp³-hybridized carbons (Fsp3) is 0.722. The Hall–Kier alpha value is -1.69. The Kier molecular flexibility index (Phi) is 6.97. The molecule has 0 aliphatic carbocycles. The number of ether oxygens (including phenoxy) is 1. The van der Waals surface area contributed by atoms with Gasteiger partial charge in [0.2, 0.25) is 0 Å². The second-order valence-corrected chi connectivity index (χ2v) is 6.18. The molecule has 6 nitrogen and oxygen atoms in total. The van der Waals surface area contributed by atoms with Crippen LogP contribution in [0.1, 0.15) is 56.6 Å². The number of amides is 2. The van der Waals surface area contributed by atoms with Crippen molar-refractivity contribution in [1.29, 1.82) is 0 Å². The molecule has 2 amide bonds. The fourth-order valence-electron chi connectivity index (χ4n) is 3.23. The summed E-state index contributed by atoms with van der Waals surface area (Å²) in [6.45, 7) is 12.3.